The Labute approximate surface area is 155 Å². The molecule has 1 aliphatic heterocycles. The highest BCUT2D eigenvalue weighted by Gasteiger charge is 2.37. The fourth-order valence-corrected chi connectivity index (χ4v) is 3.12. The summed E-state index contributed by atoms with van der Waals surface area (Å²) in [4.78, 5) is 19.7. The van der Waals surface area contributed by atoms with Crippen LogP contribution in [-0.2, 0) is 9.63 Å². The van der Waals surface area contributed by atoms with Crippen molar-refractivity contribution in [2.45, 2.75) is 45.6 Å². The van der Waals surface area contributed by atoms with Gasteiger partial charge in [-0.15, -0.1) is 5.06 Å². The van der Waals surface area contributed by atoms with Crippen LogP contribution in [0, 0.1) is 16.7 Å². The monoisotopic (exact) mass is 356 g/mol. The minimum absolute atomic E-state index is 0.191. The molecule has 1 aromatic carbocycles. The van der Waals surface area contributed by atoms with E-state index in [1.165, 1.54) is 0 Å². The van der Waals surface area contributed by atoms with Crippen molar-refractivity contribution in [3.05, 3.63) is 24.3 Å². The lowest BCUT2D eigenvalue weighted by molar-refractivity contribution is -0.201. The van der Waals surface area contributed by atoms with E-state index in [1.54, 1.807) is 5.06 Å². The number of hydrogen-bond acceptors (Lipinski definition) is 6. The Morgan fingerprint density at radius 1 is 1.15 bits per heavy atom. The molecule has 0 atom stereocenters. The van der Waals surface area contributed by atoms with E-state index >= 15 is 0 Å². The van der Waals surface area contributed by atoms with Gasteiger partial charge in [0.05, 0.1) is 24.6 Å². The molecule has 6 nitrogen and oxygen atoms in total. The zero-order valence-corrected chi connectivity index (χ0v) is 15.9. The van der Waals surface area contributed by atoms with Crippen molar-refractivity contribution in [3.8, 4) is 6.07 Å². The minimum atomic E-state index is -0.485. The minimum Gasteiger partial charge on any atom is -0.369 e. The topological polar surface area (TPSA) is 68.6 Å². The van der Waals surface area contributed by atoms with Gasteiger partial charge < -0.3 is 15.1 Å². The summed E-state index contributed by atoms with van der Waals surface area (Å²) in [5, 5.41) is 14.5. The maximum atomic E-state index is 12.0. The summed E-state index contributed by atoms with van der Waals surface area (Å²) < 4.78 is 0. The van der Waals surface area contributed by atoms with Gasteiger partial charge in [-0.25, -0.2) is 4.79 Å². The number of carbonyl (C=O) groups excluding carboxylic acids is 1. The average molecular weight is 356 g/mol. The average Bonchev–Trinajstić information content (AvgIpc) is 2.59. The van der Waals surface area contributed by atoms with Gasteiger partial charge in [-0.2, -0.15) is 5.26 Å². The Morgan fingerprint density at radius 3 is 2.23 bits per heavy atom. The van der Waals surface area contributed by atoms with Gasteiger partial charge in [-0.1, -0.05) is 0 Å². The molecule has 1 aliphatic carbocycles. The summed E-state index contributed by atoms with van der Waals surface area (Å²) in [5.74, 6) is -0.191. The van der Waals surface area contributed by atoms with Crippen molar-refractivity contribution >= 4 is 17.3 Å². The van der Waals surface area contributed by atoms with Gasteiger partial charge >= 0.3 is 5.97 Å². The Morgan fingerprint density at radius 2 is 1.77 bits per heavy atom. The summed E-state index contributed by atoms with van der Waals surface area (Å²) in [6.45, 7) is 8.60. The van der Waals surface area contributed by atoms with Crippen LogP contribution in [0.1, 0.15) is 40.0 Å². The number of benzene rings is 1. The zero-order valence-electron chi connectivity index (χ0n) is 15.9. The summed E-state index contributed by atoms with van der Waals surface area (Å²) in [6.07, 6.45) is 2.95. The highest BCUT2D eigenvalue weighted by Crippen LogP contribution is 2.35. The summed E-state index contributed by atoms with van der Waals surface area (Å²) >= 11 is 0. The number of hydroxylamine groups is 2. The highest BCUT2D eigenvalue weighted by atomic mass is 16.7. The molecule has 2 fully saturated rings. The molecular formula is C20H28N4O2. The summed E-state index contributed by atoms with van der Waals surface area (Å²) in [6, 6.07) is 10.7. The number of rotatable bonds is 4. The van der Waals surface area contributed by atoms with E-state index < -0.39 is 5.41 Å². The lowest BCUT2D eigenvalue weighted by Gasteiger charge is -2.37. The normalized spacial score (nSPS) is 20.0. The quantitative estimate of drug-likeness (QED) is 0.894. The maximum absolute atomic E-state index is 12.0. The lowest BCUT2D eigenvalue weighted by Crippen LogP contribution is -2.48. The largest absolute Gasteiger partial charge is 0.369 e. The molecule has 0 aromatic heterocycles. The van der Waals surface area contributed by atoms with Crippen molar-refractivity contribution in [1.29, 1.82) is 5.26 Å². The third kappa shape index (κ3) is 4.10. The van der Waals surface area contributed by atoms with E-state index in [-0.39, 0.29) is 11.5 Å². The Balaban J connectivity index is 1.52. The number of nitrogens with zero attached hydrogens (tertiary/aromatic N) is 3. The molecule has 0 unspecified atom stereocenters. The molecule has 1 heterocycles. The van der Waals surface area contributed by atoms with Crippen LogP contribution >= 0.6 is 0 Å². The molecule has 1 saturated carbocycles. The number of nitrogens with one attached hydrogen (secondary N) is 1. The van der Waals surface area contributed by atoms with Crippen molar-refractivity contribution < 1.29 is 9.63 Å². The molecule has 140 valence electrons. The van der Waals surface area contributed by atoms with Crippen LogP contribution in [0.15, 0.2) is 24.3 Å². The first-order valence-corrected chi connectivity index (χ1v) is 9.33. The highest BCUT2D eigenvalue weighted by molar-refractivity contribution is 5.75. The SMILES string of the molecule is CC(C)(C)C(=O)ON1CCN(c2ccc(NC3(C#N)CCC3)cc2)CC1. The molecule has 26 heavy (non-hydrogen) atoms. The predicted molar refractivity (Wildman–Crippen MR) is 102 cm³/mol. The van der Waals surface area contributed by atoms with E-state index in [4.69, 9.17) is 4.84 Å². The van der Waals surface area contributed by atoms with Gasteiger partial charge in [0, 0.05) is 24.5 Å². The fraction of sp³-hybridized carbons (Fsp3) is 0.600. The first kappa shape index (κ1) is 18.5. The first-order valence-electron chi connectivity index (χ1n) is 9.33. The Bertz CT molecular complexity index is 675. The Hall–Kier alpha value is -2.26. The molecule has 0 radical (unpaired) electrons. The van der Waals surface area contributed by atoms with Gasteiger partial charge in [-0.05, 0) is 64.3 Å². The van der Waals surface area contributed by atoms with Gasteiger partial charge in [0.15, 0.2) is 0 Å². The second-order valence-electron chi connectivity index (χ2n) is 8.26. The summed E-state index contributed by atoms with van der Waals surface area (Å²) in [5.41, 5.74) is 1.29. The first-order chi connectivity index (χ1) is 12.3. The summed E-state index contributed by atoms with van der Waals surface area (Å²) in [7, 11) is 0. The predicted octanol–water partition coefficient (Wildman–Crippen LogP) is 3.17. The van der Waals surface area contributed by atoms with Crippen molar-refractivity contribution in [3.63, 3.8) is 0 Å². The van der Waals surface area contributed by atoms with Gasteiger partial charge in [0.1, 0.15) is 5.54 Å². The molecule has 3 rings (SSSR count). The third-order valence-electron chi connectivity index (χ3n) is 5.10. The third-order valence-corrected chi connectivity index (χ3v) is 5.10. The van der Waals surface area contributed by atoms with Crippen LogP contribution in [0.3, 0.4) is 0 Å². The second-order valence-corrected chi connectivity index (χ2v) is 8.26. The fourth-order valence-electron chi connectivity index (χ4n) is 3.12. The van der Waals surface area contributed by atoms with Crippen LogP contribution in [0.25, 0.3) is 0 Å². The molecule has 0 spiro atoms. The number of carbonyl (C=O) groups is 1. The van der Waals surface area contributed by atoms with Crippen molar-refractivity contribution in [2.24, 2.45) is 5.41 Å². The molecule has 0 bridgehead atoms. The maximum Gasteiger partial charge on any atom is 0.330 e. The molecule has 6 heteroatoms. The number of hydrogen-bond donors (Lipinski definition) is 1. The van der Waals surface area contributed by atoms with E-state index in [2.05, 4.69) is 28.4 Å². The Kier molecular flexibility index (Phi) is 5.10. The van der Waals surface area contributed by atoms with Crippen molar-refractivity contribution in [2.75, 3.05) is 36.4 Å². The molecule has 1 saturated heterocycles. The molecule has 1 aromatic rings. The van der Waals surface area contributed by atoms with Crippen LogP contribution < -0.4 is 10.2 Å². The second kappa shape index (κ2) is 7.16. The van der Waals surface area contributed by atoms with Crippen LogP contribution in [-0.4, -0.2) is 42.8 Å². The number of anilines is 2. The molecular weight excluding hydrogens is 328 g/mol. The van der Waals surface area contributed by atoms with E-state index in [9.17, 15) is 10.1 Å². The van der Waals surface area contributed by atoms with Gasteiger partial charge in [0.2, 0.25) is 0 Å². The zero-order chi connectivity index (χ0) is 18.8. The lowest BCUT2D eigenvalue weighted by atomic mass is 9.78. The van der Waals surface area contributed by atoms with Crippen LogP contribution in [0.2, 0.25) is 0 Å². The molecule has 0 amide bonds. The molecule has 2 aliphatic rings. The van der Waals surface area contributed by atoms with Gasteiger partial charge in [0.25, 0.3) is 0 Å². The van der Waals surface area contributed by atoms with Crippen LogP contribution in [0.4, 0.5) is 11.4 Å². The molecule has 1 N–H and O–H groups in total. The van der Waals surface area contributed by atoms with E-state index in [0.29, 0.717) is 13.1 Å². The van der Waals surface area contributed by atoms with Gasteiger partial charge in [-0.3, -0.25) is 0 Å². The standard InChI is InChI=1S/C20H28N4O2/c1-19(2,3)18(25)26-24-13-11-23(12-14-24)17-7-5-16(6-8-17)22-20(15-21)9-4-10-20/h5-8,22H,4,9-14H2,1-3H3. The number of nitriles is 1. The number of piperazine rings is 1. The smallest absolute Gasteiger partial charge is 0.330 e. The van der Waals surface area contributed by atoms with Crippen LogP contribution in [0.5, 0.6) is 0 Å². The van der Waals surface area contributed by atoms with E-state index in [1.807, 2.05) is 32.9 Å². The van der Waals surface area contributed by atoms with E-state index in [0.717, 1.165) is 43.7 Å². The van der Waals surface area contributed by atoms with Crippen molar-refractivity contribution in [1.82, 2.24) is 5.06 Å².